The van der Waals surface area contributed by atoms with Gasteiger partial charge in [-0.1, -0.05) is 29.8 Å². The van der Waals surface area contributed by atoms with Crippen molar-refractivity contribution in [2.24, 2.45) is 0 Å². The van der Waals surface area contributed by atoms with Crippen molar-refractivity contribution in [1.82, 2.24) is 0 Å². The fourth-order valence-corrected chi connectivity index (χ4v) is 6.99. The minimum absolute atomic E-state index is 0.0792. The average Bonchev–Trinajstić information content (AvgIpc) is 3.30. The van der Waals surface area contributed by atoms with E-state index in [1.165, 1.54) is 18.9 Å². The van der Waals surface area contributed by atoms with Crippen molar-refractivity contribution >= 4 is 40.8 Å². The highest BCUT2D eigenvalue weighted by atomic mass is 32.2. The topological polar surface area (TPSA) is 84.5 Å². The molecule has 2 N–H and O–H groups in total. The summed E-state index contributed by atoms with van der Waals surface area (Å²) in [7, 11) is 1.34. The highest BCUT2D eigenvalue weighted by Gasteiger charge is 2.63. The van der Waals surface area contributed by atoms with Gasteiger partial charge in [0.05, 0.1) is 23.6 Å². The van der Waals surface area contributed by atoms with Crippen molar-refractivity contribution in [3.05, 3.63) is 76.0 Å². The summed E-state index contributed by atoms with van der Waals surface area (Å²) in [5.41, 5.74) is 4.29. The van der Waals surface area contributed by atoms with E-state index in [1.54, 1.807) is 0 Å². The van der Waals surface area contributed by atoms with Gasteiger partial charge < -0.3 is 15.4 Å². The molecule has 2 aromatic rings. The Morgan fingerprint density at radius 3 is 2.72 bits per heavy atom. The number of methoxy groups -OCH3 is 1. The molecule has 0 bridgehead atoms. The fourth-order valence-electron chi connectivity index (χ4n) is 5.51. The molecule has 0 unspecified atom stereocenters. The van der Waals surface area contributed by atoms with Gasteiger partial charge in [-0.25, -0.2) is 4.79 Å². The number of amides is 1. The van der Waals surface area contributed by atoms with Gasteiger partial charge >= 0.3 is 5.97 Å². The van der Waals surface area contributed by atoms with Crippen LogP contribution in [0.1, 0.15) is 24.0 Å². The Bertz CT molecular complexity index is 1320. The summed E-state index contributed by atoms with van der Waals surface area (Å²) in [5, 5.41) is 5.97. The lowest BCUT2D eigenvalue weighted by Crippen LogP contribution is -2.52. The number of carbonyl (C=O) groups excluding carboxylic acids is 3. The third-order valence-electron chi connectivity index (χ3n) is 6.80. The second-order valence-electron chi connectivity index (χ2n) is 8.49. The first-order chi connectivity index (χ1) is 15.5. The minimum atomic E-state index is -1.21. The normalized spacial score (nSPS) is 25.1. The minimum Gasteiger partial charge on any atom is -0.465 e. The lowest BCUT2D eigenvalue weighted by Gasteiger charge is -2.44. The molecular formula is C25H20N2O4S. The third kappa shape index (κ3) is 2.29. The largest absolute Gasteiger partial charge is 0.465 e. The summed E-state index contributed by atoms with van der Waals surface area (Å²) in [6.07, 6.45) is 0.692. The predicted octanol–water partition coefficient (Wildman–Crippen LogP) is 3.87. The maximum atomic E-state index is 13.8. The summed E-state index contributed by atoms with van der Waals surface area (Å²) in [5.74, 6) is -0.789. The van der Waals surface area contributed by atoms with E-state index in [1.807, 2.05) is 49.4 Å². The van der Waals surface area contributed by atoms with Gasteiger partial charge in [0.1, 0.15) is 5.41 Å². The van der Waals surface area contributed by atoms with E-state index in [9.17, 15) is 14.4 Å². The van der Waals surface area contributed by atoms with Gasteiger partial charge in [0.15, 0.2) is 5.78 Å². The molecule has 2 heterocycles. The molecule has 1 spiro atoms. The van der Waals surface area contributed by atoms with Crippen LogP contribution in [-0.4, -0.2) is 30.0 Å². The van der Waals surface area contributed by atoms with Crippen molar-refractivity contribution in [3.8, 4) is 0 Å². The van der Waals surface area contributed by atoms with Crippen molar-refractivity contribution < 1.29 is 19.1 Å². The molecule has 7 heteroatoms. The van der Waals surface area contributed by atoms with Crippen LogP contribution in [0.2, 0.25) is 0 Å². The zero-order valence-electron chi connectivity index (χ0n) is 17.6. The van der Waals surface area contributed by atoms with E-state index in [-0.39, 0.29) is 18.1 Å². The molecule has 160 valence electrons. The summed E-state index contributed by atoms with van der Waals surface area (Å²) < 4.78 is 5.14. The zero-order chi connectivity index (χ0) is 22.2. The second-order valence-corrected chi connectivity index (χ2v) is 9.63. The van der Waals surface area contributed by atoms with Gasteiger partial charge in [0.25, 0.3) is 0 Å². The number of para-hydroxylation sites is 1. The number of carbonyl (C=O) groups is 3. The monoisotopic (exact) mass is 444 g/mol. The Morgan fingerprint density at radius 2 is 1.91 bits per heavy atom. The molecule has 6 rings (SSSR count). The SMILES string of the molecule is COC(=O)C1=C2Nc3ccccc3S[C@@H]2[C@@]2(C(=O)Nc3ccc(C)cc32)C2=C1CCC2=O. The summed E-state index contributed by atoms with van der Waals surface area (Å²) in [6, 6.07) is 13.6. The van der Waals surface area contributed by atoms with E-state index < -0.39 is 16.6 Å². The number of anilines is 2. The van der Waals surface area contributed by atoms with Gasteiger partial charge in [-0.2, -0.15) is 0 Å². The van der Waals surface area contributed by atoms with Crippen LogP contribution in [0.3, 0.4) is 0 Å². The summed E-state index contributed by atoms with van der Waals surface area (Å²) in [6.45, 7) is 1.98. The summed E-state index contributed by atoms with van der Waals surface area (Å²) in [4.78, 5) is 41.1. The van der Waals surface area contributed by atoms with Crippen LogP contribution < -0.4 is 10.6 Å². The van der Waals surface area contributed by atoms with Crippen molar-refractivity contribution in [2.75, 3.05) is 17.7 Å². The molecule has 2 atom stereocenters. The quantitative estimate of drug-likeness (QED) is 0.650. The maximum Gasteiger partial charge on any atom is 0.339 e. The van der Waals surface area contributed by atoms with Gasteiger partial charge in [0, 0.05) is 28.3 Å². The summed E-state index contributed by atoms with van der Waals surface area (Å²) >= 11 is 1.52. The number of fused-ring (bicyclic) bond motifs is 6. The highest BCUT2D eigenvalue weighted by molar-refractivity contribution is 8.00. The molecule has 0 aromatic heterocycles. The number of benzene rings is 2. The van der Waals surface area contributed by atoms with Crippen LogP contribution in [0.25, 0.3) is 0 Å². The van der Waals surface area contributed by atoms with Gasteiger partial charge in [0.2, 0.25) is 5.91 Å². The molecule has 2 aliphatic heterocycles. The zero-order valence-corrected chi connectivity index (χ0v) is 18.4. The first-order valence-electron chi connectivity index (χ1n) is 10.5. The van der Waals surface area contributed by atoms with E-state index in [4.69, 9.17) is 4.74 Å². The molecule has 6 nitrogen and oxygen atoms in total. The lowest BCUT2D eigenvalue weighted by molar-refractivity contribution is -0.136. The van der Waals surface area contributed by atoms with Gasteiger partial charge in [-0.3, -0.25) is 9.59 Å². The van der Waals surface area contributed by atoms with Crippen LogP contribution >= 0.6 is 11.8 Å². The number of ketones is 1. The lowest BCUT2D eigenvalue weighted by atomic mass is 9.65. The van der Waals surface area contributed by atoms with Crippen LogP contribution in [-0.2, 0) is 24.5 Å². The number of esters is 1. The van der Waals surface area contributed by atoms with Crippen LogP contribution in [0.15, 0.2) is 69.8 Å². The highest BCUT2D eigenvalue weighted by Crippen LogP contribution is 2.61. The Hall–Kier alpha value is -3.32. The second kappa shape index (κ2) is 6.59. The number of aryl methyl sites for hydroxylation is 1. The average molecular weight is 445 g/mol. The van der Waals surface area contributed by atoms with Gasteiger partial charge in [-0.15, -0.1) is 11.8 Å². The van der Waals surface area contributed by atoms with E-state index >= 15 is 0 Å². The molecule has 32 heavy (non-hydrogen) atoms. The van der Waals surface area contributed by atoms with Crippen molar-refractivity contribution in [2.45, 2.75) is 35.3 Å². The number of hydrogen-bond donors (Lipinski definition) is 2. The Balaban J connectivity index is 1.72. The number of thioether (sulfide) groups is 1. The molecule has 0 saturated carbocycles. The molecule has 0 fully saturated rings. The molecule has 4 aliphatic rings. The molecule has 1 amide bonds. The Morgan fingerprint density at radius 1 is 1.09 bits per heavy atom. The van der Waals surface area contributed by atoms with Crippen LogP contribution in [0.5, 0.6) is 0 Å². The Kier molecular flexibility index (Phi) is 3.99. The number of Topliss-reactive ketones (excluding diaryl/α,β-unsaturated/α-hetero) is 1. The maximum absolute atomic E-state index is 13.8. The first kappa shape index (κ1) is 19.4. The van der Waals surface area contributed by atoms with Crippen molar-refractivity contribution in [3.63, 3.8) is 0 Å². The van der Waals surface area contributed by atoms with Crippen molar-refractivity contribution in [1.29, 1.82) is 0 Å². The molecule has 0 saturated heterocycles. The predicted molar refractivity (Wildman–Crippen MR) is 122 cm³/mol. The smallest absolute Gasteiger partial charge is 0.339 e. The molecule has 0 radical (unpaired) electrons. The first-order valence-corrected chi connectivity index (χ1v) is 11.4. The molecule has 2 aromatic carbocycles. The third-order valence-corrected chi connectivity index (χ3v) is 8.24. The van der Waals surface area contributed by atoms with E-state index in [0.717, 1.165) is 21.7 Å². The van der Waals surface area contributed by atoms with E-state index in [0.29, 0.717) is 34.5 Å². The number of nitrogens with one attached hydrogen (secondary N) is 2. The van der Waals surface area contributed by atoms with Crippen LogP contribution in [0.4, 0.5) is 11.4 Å². The van der Waals surface area contributed by atoms with Gasteiger partial charge in [-0.05, 0) is 42.7 Å². The number of hydrogen-bond acceptors (Lipinski definition) is 6. The van der Waals surface area contributed by atoms with E-state index in [2.05, 4.69) is 10.6 Å². The standard InChI is InChI=1S/C25H20N2O4S/c1-12-7-9-15-14(11-12)25(24(30)27-15)20-13(8-10-17(20)28)19(23(29)31-2)21-22(25)32-18-6-4-3-5-16(18)26-21/h3-7,9,11,22,26H,8,10H2,1-2H3,(H,27,30)/t22-,25-/m0/s1. The number of ether oxygens (including phenoxy) is 1. The van der Waals surface area contributed by atoms with Crippen LogP contribution in [0, 0.1) is 6.92 Å². The molecular weight excluding hydrogens is 424 g/mol. The number of rotatable bonds is 1. The molecule has 2 aliphatic carbocycles. The Labute approximate surface area is 189 Å². The fraction of sp³-hybridized carbons (Fsp3) is 0.240.